The van der Waals surface area contributed by atoms with Gasteiger partial charge in [0.2, 0.25) is 5.88 Å². The van der Waals surface area contributed by atoms with Crippen molar-refractivity contribution >= 4 is 5.96 Å². The largest absolute Gasteiger partial charge is 0.474 e. The number of pyridine rings is 1. The summed E-state index contributed by atoms with van der Waals surface area (Å²) < 4.78 is 33.0. The van der Waals surface area contributed by atoms with E-state index in [0.717, 1.165) is 30.5 Å². The molecule has 1 saturated carbocycles. The van der Waals surface area contributed by atoms with Crippen LogP contribution < -0.4 is 15.4 Å². The summed E-state index contributed by atoms with van der Waals surface area (Å²) >= 11 is 0. The van der Waals surface area contributed by atoms with Crippen molar-refractivity contribution in [3.63, 3.8) is 0 Å². The second-order valence-electron chi connectivity index (χ2n) is 6.51. The fourth-order valence-corrected chi connectivity index (χ4v) is 3.09. The number of nitrogens with zero attached hydrogens (tertiary/aromatic N) is 2. The highest BCUT2D eigenvalue weighted by molar-refractivity contribution is 5.79. The summed E-state index contributed by atoms with van der Waals surface area (Å²) in [4.78, 5) is 8.47. The van der Waals surface area contributed by atoms with E-state index in [1.165, 1.54) is 18.9 Å². The summed E-state index contributed by atoms with van der Waals surface area (Å²) in [5.74, 6) is 0.178. The van der Waals surface area contributed by atoms with Gasteiger partial charge in [0, 0.05) is 37.5 Å². The Hall–Kier alpha value is -2.70. The van der Waals surface area contributed by atoms with Crippen molar-refractivity contribution in [1.82, 2.24) is 15.6 Å². The van der Waals surface area contributed by atoms with Crippen LogP contribution in [0.4, 0.5) is 8.78 Å². The molecule has 5 nitrogen and oxygen atoms in total. The molecule has 1 fully saturated rings. The van der Waals surface area contributed by atoms with E-state index in [0.29, 0.717) is 18.4 Å². The zero-order valence-electron chi connectivity index (χ0n) is 15.3. The first-order valence-corrected chi connectivity index (χ1v) is 9.14. The van der Waals surface area contributed by atoms with Crippen LogP contribution in [0.2, 0.25) is 0 Å². The Labute approximate surface area is 157 Å². The molecule has 1 aromatic carbocycles. The topological polar surface area (TPSA) is 58.5 Å². The zero-order chi connectivity index (χ0) is 19.1. The maximum Gasteiger partial charge on any atom is 0.218 e. The van der Waals surface area contributed by atoms with E-state index in [2.05, 4.69) is 20.6 Å². The highest BCUT2D eigenvalue weighted by Gasteiger charge is 2.18. The van der Waals surface area contributed by atoms with E-state index >= 15 is 0 Å². The second-order valence-corrected chi connectivity index (χ2v) is 6.51. The molecule has 0 aliphatic heterocycles. The van der Waals surface area contributed by atoms with Gasteiger partial charge in [-0.3, -0.25) is 4.99 Å². The normalized spacial score (nSPS) is 15.0. The van der Waals surface area contributed by atoms with Gasteiger partial charge >= 0.3 is 0 Å². The number of benzene rings is 1. The first kappa shape index (κ1) is 19.1. The van der Waals surface area contributed by atoms with Crippen LogP contribution in [0.25, 0.3) is 0 Å². The Morgan fingerprint density at radius 3 is 2.63 bits per heavy atom. The minimum Gasteiger partial charge on any atom is -0.474 e. The summed E-state index contributed by atoms with van der Waals surface area (Å²) in [6.45, 7) is 0.586. The molecule has 3 rings (SSSR count). The van der Waals surface area contributed by atoms with Crippen molar-refractivity contribution in [3.05, 3.63) is 59.3 Å². The fourth-order valence-electron chi connectivity index (χ4n) is 3.09. The molecule has 0 bridgehead atoms. The van der Waals surface area contributed by atoms with E-state index < -0.39 is 11.6 Å². The Balaban J connectivity index is 1.57. The maximum absolute atomic E-state index is 13.7. The van der Waals surface area contributed by atoms with E-state index in [9.17, 15) is 8.78 Å². The van der Waals surface area contributed by atoms with Crippen molar-refractivity contribution in [2.45, 2.75) is 44.9 Å². The van der Waals surface area contributed by atoms with Gasteiger partial charge in [-0.05, 0) is 49.9 Å². The number of aliphatic imine (C=N–C) groups is 1. The average Bonchev–Trinajstić information content (AvgIpc) is 3.18. The third-order valence-electron chi connectivity index (χ3n) is 4.55. The summed E-state index contributed by atoms with van der Waals surface area (Å²) in [6.07, 6.45) is 6.45. The third kappa shape index (κ3) is 5.39. The lowest BCUT2D eigenvalue weighted by Crippen LogP contribution is -2.36. The smallest absolute Gasteiger partial charge is 0.218 e. The van der Waals surface area contributed by atoms with Gasteiger partial charge in [0.1, 0.15) is 17.7 Å². The third-order valence-corrected chi connectivity index (χ3v) is 4.55. The molecule has 1 aromatic heterocycles. The molecule has 0 saturated heterocycles. The average molecular weight is 374 g/mol. The van der Waals surface area contributed by atoms with Crippen LogP contribution >= 0.6 is 0 Å². The van der Waals surface area contributed by atoms with Crippen LogP contribution in [0, 0.1) is 11.6 Å². The number of hydrogen-bond donors (Lipinski definition) is 2. The first-order valence-electron chi connectivity index (χ1n) is 9.14. The lowest BCUT2D eigenvalue weighted by molar-refractivity contribution is 0.199. The molecule has 1 heterocycles. The van der Waals surface area contributed by atoms with Gasteiger partial charge < -0.3 is 15.4 Å². The van der Waals surface area contributed by atoms with Gasteiger partial charge in [-0.15, -0.1) is 0 Å². The standard InChI is InChI=1S/C20H24F2N4O/c1-23-20(26-13-15-11-16(21)8-9-18(15)22)25-12-14-5-4-10-24-19(14)27-17-6-2-3-7-17/h4-5,8-11,17H,2-3,6-7,12-13H2,1H3,(H2,23,25,26). The maximum atomic E-state index is 13.7. The molecule has 27 heavy (non-hydrogen) atoms. The van der Waals surface area contributed by atoms with Crippen LogP contribution in [-0.2, 0) is 13.1 Å². The molecular formula is C20H24F2N4O. The number of aromatic nitrogens is 1. The Morgan fingerprint density at radius 2 is 1.89 bits per heavy atom. The summed E-state index contributed by atoms with van der Waals surface area (Å²) in [5.41, 5.74) is 1.16. The van der Waals surface area contributed by atoms with Gasteiger partial charge in [0.15, 0.2) is 5.96 Å². The van der Waals surface area contributed by atoms with Crippen LogP contribution in [0.3, 0.4) is 0 Å². The molecule has 0 unspecified atom stereocenters. The molecular weight excluding hydrogens is 350 g/mol. The zero-order valence-corrected chi connectivity index (χ0v) is 15.3. The lowest BCUT2D eigenvalue weighted by Gasteiger charge is -2.17. The van der Waals surface area contributed by atoms with Gasteiger partial charge in [-0.1, -0.05) is 6.07 Å². The van der Waals surface area contributed by atoms with Crippen molar-refractivity contribution in [1.29, 1.82) is 0 Å². The number of guanidine groups is 1. The number of ether oxygens (including phenoxy) is 1. The van der Waals surface area contributed by atoms with Crippen LogP contribution in [0.5, 0.6) is 5.88 Å². The summed E-state index contributed by atoms with van der Waals surface area (Å²) in [6, 6.07) is 7.19. The molecule has 0 radical (unpaired) electrons. The monoisotopic (exact) mass is 374 g/mol. The Morgan fingerprint density at radius 1 is 1.15 bits per heavy atom. The summed E-state index contributed by atoms with van der Waals surface area (Å²) in [5, 5.41) is 6.15. The second kappa shape index (κ2) is 9.30. The molecule has 144 valence electrons. The van der Waals surface area contributed by atoms with Crippen molar-refractivity contribution in [2.75, 3.05) is 7.05 Å². The number of nitrogens with one attached hydrogen (secondary N) is 2. The molecule has 0 amide bonds. The molecule has 2 aromatic rings. The van der Waals surface area contributed by atoms with E-state index in [-0.39, 0.29) is 18.2 Å². The highest BCUT2D eigenvalue weighted by atomic mass is 19.1. The predicted octanol–water partition coefficient (Wildman–Crippen LogP) is 3.55. The Kier molecular flexibility index (Phi) is 6.57. The van der Waals surface area contributed by atoms with Crippen molar-refractivity contribution in [3.8, 4) is 5.88 Å². The van der Waals surface area contributed by atoms with Crippen molar-refractivity contribution < 1.29 is 13.5 Å². The molecule has 0 atom stereocenters. The quantitative estimate of drug-likeness (QED) is 0.600. The van der Waals surface area contributed by atoms with E-state index in [1.54, 1.807) is 13.2 Å². The minimum absolute atomic E-state index is 0.127. The molecule has 7 heteroatoms. The van der Waals surface area contributed by atoms with Crippen LogP contribution in [-0.4, -0.2) is 24.1 Å². The van der Waals surface area contributed by atoms with Gasteiger partial charge in [0.05, 0.1) is 0 Å². The van der Waals surface area contributed by atoms with Crippen LogP contribution in [0.1, 0.15) is 36.8 Å². The van der Waals surface area contributed by atoms with Gasteiger partial charge in [-0.2, -0.15) is 0 Å². The Bertz CT molecular complexity index is 791. The van der Waals surface area contributed by atoms with Gasteiger partial charge in [-0.25, -0.2) is 13.8 Å². The first-order chi connectivity index (χ1) is 13.2. The number of hydrogen-bond acceptors (Lipinski definition) is 3. The van der Waals surface area contributed by atoms with E-state index in [4.69, 9.17) is 4.74 Å². The van der Waals surface area contributed by atoms with Gasteiger partial charge in [0.25, 0.3) is 0 Å². The summed E-state index contributed by atoms with van der Waals surface area (Å²) in [7, 11) is 1.62. The highest BCUT2D eigenvalue weighted by Crippen LogP contribution is 2.24. The molecule has 2 N–H and O–H groups in total. The fraction of sp³-hybridized carbons (Fsp3) is 0.400. The SMILES string of the molecule is CN=C(NCc1cc(F)ccc1F)NCc1cccnc1OC1CCCC1. The molecule has 1 aliphatic carbocycles. The molecule has 0 spiro atoms. The van der Waals surface area contributed by atoms with Crippen LogP contribution in [0.15, 0.2) is 41.5 Å². The number of halogens is 2. The van der Waals surface area contributed by atoms with E-state index in [1.807, 2.05) is 12.1 Å². The van der Waals surface area contributed by atoms with Crippen molar-refractivity contribution in [2.24, 2.45) is 4.99 Å². The predicted molar refractivity (Wildman–Crippen MR) is 101 cm³/mol. The lowest BCUT2D eigenvalue weighted by atomic mass is 10.2. The minimum atomic E-state index is -0.472. The molecule has 1 aliphatic rings. The number of rotatable bonds is 6.